The molecule has 0 saturated carbocycles. The normalized spacial score (nSPS) is 20.2. The smallest absolute Gasteiger partial charge is 0.266 e. The van der Waals surface area contributed by atoms with Gasteiger partial charge in [0.05, 0.1) is 0 Å². The molecule has 2 unspecified atom stereocenters. The number of anilines is 1. The molecular formula is C32H35N4O+. The molecule has 188 valence electrons. The molecule has 6 rings (SSSR count). The van der Waals surface area contributed by atoms with Gasteiger partial charge in [-0.25, -0.2) is 9.13 Å². The van der Waals surface area contributed by atoms with Crippen molar-refractivity contribution in [1.82, 2.24) is 9.47 Å². The van der Waals surface area contributed by atoms with Crippen LogP contribution < -0.4 is 9.47 Å². The molecule has 0 radical (unpaired) electrons. The van der Waals surface area contributed by atoms with E-state index in [0.29, 0.717) is 6.54 Å². The van der Waals surface area contributed by atoms with Gasteiger partial charge in [-0.2, -0.15) is 0 Å². The molecule has 0 N–H and O–H groups in total. The van der Waals surface area contributed by atoms with Gasteiger partial charge in [0, 0.05) is 31.1 Å². The molecule has 1 saturated heterocycles. The van der Waals surface area contributed by atoms with Crippen molar-refractivity contribution >= 4 is 11.6 Å². The molecule has 2 atom stereocenters. The van der Waals surface area contributed by atoms with Crippen LogP contribution in [0.3, 0.4) is 0 Å². The maximum atomic E-state index is 13.9. The Morgan fingerprint density at radius 2 is 1.68 bits per heavy atom. The van der Waals surface area contributed by atoms with Crippen molar-refractivity contribution < 1.29 is 9.36 Å². The average Bonchev–Trinajstić information content (AvgIpc) is 3.51. The van der Waals surface area contributed by atoms with Crippen LogP contribution in [-0.2, 0) is 29.8 Å². The molecule has 1 fully saturated rings. The van der Waals surface area contributed by atoms with Crippen molar-refractivity contribution in [3.8, 4) is 0 Å². The SMILES string of the molecule is Cc1ccc(C[n+]2ccn(CC(=O)N3CCC4(C)c5ccccc5N(Cc5ccccc5)C34)c2C)cc1. The van der Waals surface area contributed by atoms with E-state index in [1.165, 1.54) is 27.9 Å². The number of para-hydroxylation sites is 1. The second-order valence-corrected chi connectivity index (χ2v) is 10.8. The maximum absolute atomic E-state index is 13.9. The highest BCUT2D eigenvalue weighted by atomic mass is 16.2. The number of hydrogen-bond donors (Lipinski definition) is 0. The summed E-state index contributed by atoms with van der Waals surface area (Å²) < 4.78 is 4.31. The number of carbonyl (C=O) groups excluding carboxylic acids is 1. The minimum absolute atomic E-state index is 0.0214. The fourth-order valence-corrected chi connectivity index (χ4v) is 6.29. The van der Waals surface area contributed by atoms with Crippen LogP contribution in [0.1, 0.15) is 41.4 Å². The molecule has 0 aliphatic carbocycles. The van der Waals surface area contributed by atoms with Crippen LogP contribution in [0.25, 0.3) is 0 Å². The molecule has 1 amide bonds. The van der Waals surface area contributed by atoms with Crippen LogP contribution in [0.2, 0.25) is 0 Å². The molecule has 3 aromatic carbocycles. The number of hydrogen-bond acceptors (Lipinski definition) is 2. The molecule has 3 heterocycles. The first kappa shape index (κ1) is 23.5. The van der Waals surface area contributed by atoms with E-state index in [2.05, 4.69) is 125 Å². The third kappa shape index (κ3) is 4.12. The number of aromatic nitrogens is 2. The minimum atomic E-state index is -0.0713. The van der Waals surface area contributed by atoms with E-state index in [0.717, 1.165) is 31.9 Å². The minimum Gasteiger partial charge on any atom is -0.346 e. The van der Waals surface area contributed by atoms with Crippen LogP contribution in [0, 0.1) is 13.8 Å². The van der Waals surface area contributed by atoms with Crippen molar-refractivity contribution in [2.75, 3.05) is 11.4 Å². The van der Waals surface area contributed by atoms with Gasteiger partial charge < -0.3 is 9.80 Å². The van der Waals surface area contributed by atoms with Gasteiger partial charge in [-0.05, 0) is 36.1 Å². The van der Waals surface area contributed by atoms with Crippen LogP contribution in [-0.4, -0.2) is 28.1 Å². The Hall–Kier alpha value is -3.86. The predicted octanol–water partition coefficient (Wildman–Crippen LogP) is 4.98. The highest BCUT2D eigenvalue weighted by molar-refractivity contribution is 5.79. The van der Waals surface area contributed by atoms with Crippen LogP contribution in [0.15, 0.2) is 91.3 Å². The average molecular weight is 492 g/mol. The number of aryl methyl sites for hydroxylation is 1. The molecule has 5 heteroatoms. The number of fused-ring (bicyclic) bond motifs is 3. The lowest BCUT2D eigenvalue weighted by molar-refractivity contribution is -0.693. The summed E-state index contributed by atoms with van der Waals surface area (Å²) in [6, 6.07) is 28.0. The monoisotopic (exact) mass is 491 g/mol. The Morgan fingerprint density at radius 3 is 2.46 bits per heavy atom. The fourth-order valence-electron chi connectivity index (χ4n) is 6.29. The van der Waals surface area contributed by atoms with E-state index in [-0.39, 0.29) is 17.5 Å². The summed E-state index contributed by atoms with van der Waals surface area (Å²) in [5, 5.41) is 0. The second-order valence-electron chi connectivity index (χ2n) is 10.8. The van der Waals surface area contributed by atoms with Gasteiger partial charge in [-0.15, -0.1) is 0 Å². The standard InChI is InChI=1S/C32H35N4O/c1-24-13-15-27(16-14-24)21-33-19-20-34(25(33)2)23-30(37)35-18-17-32(3)28-11-7-8-12-29(28)36(31(32)35)22-26-9-5-4-6-10-26/h4-16,19-20,31H,17-18,21-23H2,1-3H3/q+1. The molecule has 5 nitrogen and oxygen atoms in total. The van der Waals surface area contributed by atoms with Crippen molar-refractivity contribution in [2.45, 2.75) is 58.4 Å². The molecule has 37 heavy (non-hydrogen) atoms. The number of carbonyl (C=O) groups is 1. The van der Waals surface area contributed by atoms with Crippen molar-refractivity contribution in [3.05, 3.63) is 119 Å². The number of rotatable bonds is 6. The number of nitrogens with zero attached hydrogens (tertiary/aromatic N) is 4. The zero-order chi connectivity index (χ0) is 25.6. The van der Waals surface area contributed by atoms with Gasteiger partial charge >= 0.3 is 0 Å². The summed E-state index contributed by atoms with van der Waals surface area (Å²) in [7, 11) is 0. The topological polar surface area (TPSA) is 32.4 Å². The first-order valence-electron chi connectivity index (χ1n) is 13.2. The number of amides is 1. The molecule has 2 aliphatic rings. The Morgan fingerprint density at radius 1 is 0.946 bits per heavy atom. The summed E-state index contributed by atoms with van der Waals surface area (Å²) in [5.41, 5.74) is 6.33. The molecule has 0 spiro atoms. The largest absolute Gasteiger partial charge is 0.346 e. The van der Waals surface area contributed by atoms with Crippen molar-refractivity contribution in [2.24, 2.45) is 0 Å². The zero-order valence-corrected chi connectivity index (χ0v) is 22.0. The Kier molecular flexibility index (Phi) is 5.86. The predicted molar refractivity (Wildman–Crippen MR) is 146 cm³/mol. The second kappa shape index (κ2) is 9.22. The molecule has 4 aromatic rings. The molecule has 1 aromatic heterocycles. The quantitative estimate of drug-likeness (QED) is 0.357. The molecule has 2 aliphatic heterocycles. The first-order chi connectivity index (χ1) is 17.9. The van der Waals surface area contributed by atoms with Gasteiger partial charge in [0.1, 0.15) is 25.1 Å². The van der Waals surface area contributed by atoms with E-state index in [4.69, 9.17) is 0 Å². The van der Waals surface area contributed by atoms with Gasteiger partial charge in [0.25, 0.3) is 11.7 Å². The lowest BCUT2D eigenvalue weighted by Crippen LogP contribution is -2.51. The number of benzene rings is 3. The van der Waals surface area contributed by atoms with Crippen LogP contribution >= 0.6 is 0 Å². The van der Waals surface area contributed by atoms with E-state index < -0.39 is 0 Å². The lowest BCUT2D eigenvalue weighted by atomic mass is 9.81. The highest BCUT2D eigenvalue weighted by Gasteiger charge is 2.55. The third-order valence-electron chi connectivity index (χ3n) is 8.41. The summed E-state index contributed by atoms with van der Waals surface area (Å²) in [6.07, 6.45) is 5.13. The van der Waals surface area contributed by atoms with Gasteiger partial charge in [0.15, 0.2) is 6.54 Å². The number of imidazole rings is 1. The van der Waals surface area contributed by atoms with Crippen molar-refractivity contribution in [3.63, 3.8) is 0 Å². The van der Waals surface area contributed by atoms with Crippen LogP contribution in [0.5, 0.6) is 0 Å². The summed E-state index contributed by atoms with van der Waals surface area (Å²) >= 11 is 0. The summed E-state index contributed by atoms with van der Waals surface area (Å²) in [6.45, 7) is 9.28. The lowest BCUT2D eigenvalue weighted by Gasteiger charge is -2.36. The Labute approximate surface area is 219 Å². The third-order valence-corrected chi connectivity index (χ3v) is 8.41. The van der Waals surface area contributed by atoms with Crippen LogP contribution in [0.4, 0.5) is 5.69 Å². The van der Waals surface area contributed by atoms with E-state index in [9.17, 15) is 4.79 Å². The van der Waals surface area contributed by atoms with Gasteiger partial charge in [-0.1, -0.05) is 85.3 Å². The zero-order valence-electron chi connectivity index (χ0n) is 22.0. The van der Waals surface area contributed by atoms with E-state index in [1.54, 1.807) is 0 Å². The number of likely N-dealkylation sites (tertiary alicyclic amines) is 1. The van der Waals surface area contributed by atoms with E-state index in [1.807, 2.05) is 6.20 Å². The Bertz CT molecular complexity index is 1420. The summed E-state index contributed by atoms with van der Waals surface area (Å²) in [4.78, 5) is 18.5. The highest BCUT2D eigenvalue weighted by Crippen LogP contribution is 2.52. The van der Waals surface area contributed by atoms with E-state index >= 15 is 0 Å². The fraction of sp³-hybridized carbons (Fsp3) is 0.312. The Balaban J connectivity index is 1.25. The molecule has 0 bridgehead atoms. The van der Waals surface area contributed by atoms with Gasteiger partial charge in [-0.3, -0.25) is 4.79 Å². The summed E-state index contributed by atoms with van der Waals surface area (Å²) in [5.74, 6) is 1.27. The first-order valence-corrected chi connectivity index (χ1v) is 13.2. The molecular weight excluding hydrogens is 456 g/mol. The maximum Gasteiger partial charge on any atom is 0.266 e. The van der Waals surface area contributed by atoms with Crippen molar-refractivity contribution in [1.29, 1.82) is 0 Å². The van der Waals surface area contributed by atoms with Gasteiger partial charge in [0.2, 0.25) is 0 Å².